The number of nitrogens with zero attached hydrogens (tertiary/aromatic N) is 1. The molecular weight excluding hydrogens is 277 g/mol. The van der Waals surface area contributed by atoms with Gasteiger partial charge in [-0.1, -0.05) is 0 Å². The first-order valence-electron chi connectivity index (χ1n) is 4.81. The minimum absolute atomic E-state index is 0.439. The SMILES string of the molecule is COC(=O)Cc1ncc(O)c(C(F)F)c1C(F)(F)F. The second-order valence-electron chi connectivity index (χ2n) is 3.43. The van der Waals surface area contributed by atoms with Crippen molar-refractivity contribution in [1.29, 1.82) is 0 Å². The van der Waals surface area contributed by atoms with Gasteiger partial charge in [-0.25, -0.2) is 8.78 Å². The van der Waals surface area contributed by atoms with Crippen LogP contribution in [0.3, 0.4) is 0 Å². The quantitative estimate of drug-likeness (QED) is 0.684. The van der Waals surface area contributed by atoms with Gasteiger partial charge < -0.3 is 9.84 Å². The topological polar surface area (TPSA) is 59.4 Å². The van der Waals surface area contributed by atoms with Crippen LogP contribution >= 0.6 is 0 Å². The summed E-state index contributed by atoms with van der Waals surface area (Å²) in [6.07, 6.45) is -9.22. The molecule has 0 aliphatic rings. The summed E-state index contributed by atoms with van der Waals surface area (Å²) < 4.78 is 67.7. The highest BCUT2D eigenvalue weighted by molar-refractivity contribution is 5.72. The van der Waals surface area contributed by atoms with Crippen LogP contribution in [0.4, 0.5) is 22.0 Å². The number of pyridine rings is 1. The number of alkyl halides is 5. The van der Waals surface area contributed by atoms with Gasteiger partial charge in [0.1, 0.15) is 5.75 Å². The molecular formula is C10H8F5NO3. The fourth-order valence-corrected chi connectivity index (χ4v) is 1.44. The van der Waals surface area contributed by atoms with E-state index in [4.69, 9.17) is 5.11 Å². The van der Waals surface area contributed by atoms with E-state index in [0.29, 0.717) is 6.20 Å². The Morgan fingerprint density at radius 3 is 2.47 bits per heavy atom. The van der Waals surface area contributed by atoms with E-state index < -0.39 is 47.6 Å². The third-order valence-corrected chi connectivity index (χ3v) is 2.22. The molecule has 0 saturated heterocycles. The van der Waals surface area contributed by atoms with E-state index in [1.165, 1.54) is 0 Å². The van der Waals surface area contributed by atoms with Crippen LogP contribution in [0.2, 0.25) is 0 Å². The second-order valence-corrected chi connectivity index (χ2v) is 3.43. The number of carbonyl (C=O) groups excluding carboxylic acids is 1. The summed E-state index contributed by atoms with van der Waals surface area (Å²) >= 11 is 0. The largest absolute Gasteiger partial charge is 0.506 e. The van der Waals surface area contributed by atoms with Gasteiger partial charge in [-0.2, -0.15) is 13.2 Å². The summed E-state index contributed by atoms with van der Waals surface area (Å²) in [4.78, 5) is 14.1. The number of carbonyl (C=O) groups is 1. The summed E-state index contributed by atoms with van der Waals surface area (Å²) in [6, 6.07) is 0. The molecule has 1 aromatic heterocycles. The summed E-state index contributed by atoms with van der Waals surface area (Å²) in [5, 5.41) is 9.08. The Bertz CT molecular complexity index is 487. The monoisotopic (exact) mass is 285 g/mol. The van der Waals surface area contributed by atoms with E-state index in [1.807, 2.05) is 0 Å². The molecule has 1 rings (SSSR count). The van der Waals surface area contributed by atoms with E-state index in [1.54, 1.807) is 0 Å². The summed E-state index contributed by atoms with van der Waals surface area (Å²) in [7, 11) is 0.935. The zero-order chi connectivity index (χ0) is 14.8. The lowest BCUT2D eigenvalue weighted by Gasteiger charge is -2.16. The molecule has 0 aliphatic carbocycles. The Hall–Kier alpha value is -1.93. The molecule has 0 unspecified atom stereocenters. The molecule has 4 nitrogen and oxygen atoms in total. The number of aromatic hydroxyl groups is 1. The van der Waals surface area contributed by atoms with Crippen LogP contribution in [-0.2, 0) is 22.1 Å². The number of ether oxygens (including phenoxy) is 1. The van der Waals surface area contributed by atoms with E-state index in [0.717, 1.165) is 7.11 Å². The van der Waals surface area contributed by atoms with Gasteiger partial charge in [0, 0.05) is 0 Å². The molecule has 0 aromatic carbocycles. The number of hydrogen-bond acceptors (Lipinski definition) is 4. The smallest absolute Gasteiger partial charge is 0.418 e. The molecule has 0 radical (unpaired) electrons. The molecule has 1 heterocycles. The van der Waals surface area contributed by atoms with Crippen molar-refractivity contribution in [2.24, 2.45) is 0 Å². The molecule has 0 aliphatic heterocycles. The van der Waals surface area contributed by atoms with Gasteiger partial charge in [0.25, 0.3) is 6.43 Å². The maximum absolute atomic E-state index is 12.8. The molecule has 19 heavy (non-hydrogen) atoms. The Morgan fingerprint density at radius 1 is 1.47 bits per heavy atom. The Morgan fingerprint density at radius 2 is 2.05 bits per heavy atom. The number of methoxy groups -OCH3 is 1. The van der Waals surface area contributed by atoms with Crippen molar-refractivity contribution in [2.45, 2.75) is 19.0 Å². The number of rotatable bonds is 3. The number of esters is 1. The lowest BCUT2D eigenvalue weighted by molar-refractivity contribution is -0.143. The first kappa shape index (κ1) is 15.1. The van der Waals surface area contributed by atoms with Crippen LogP contribution in [0.15, 0.2) is 6.20 Å². The highest BCUT2D eigenvalue weighted by Gasteiger charge is 2.41. The average Bonchev–Trinajstić information content (AvgIpc) is 2.28. The average molecular weight is 285 g/mol. The van der Waals surface area contributed by atoms with Crippen molar-refractivity contribution >= 4 is 5.97 Å². The molecule has 106 valence electrons. The van der Waals surface area contributed by atoms with Gasteiger partial charge in [0.2, 0.25) is 0 Å². The van der Waals surface area contributed by atoms with Crippen LogP contribution in [-0.4, -0.2) is 23.2 Å². The fourth-order valence-electron chi connectivity index (χ4n) is 1.44. The van der Waals surface area contributed by atoms with Crippen LogP contribution < -0.4 is 0 Å². The fraction of sp³-hybridized carbons (Fsp3) is 0.400. The number of hydrogen-bond donors (Lipinski definition) is 1. The van der Waals surface area contributed by atoms with Gasteiger partial charge in [-0.05, 0) is 0 Å². The Labute approximate surface area is 103 Å². The van der Waals surface area contributed by atoms with Gasteiger partial charge in [0.05, 0.1) is 36.5 Å². The van der Waals surface area contributed by atoms with Crippen LogP contribution in [0, 0.1) is 0 Å². The van der Waals surface area contributed by atoms with E-state index in [-0.39, 0.29) is 0 Å². The standard InChI is InChI=1S/C10H8F5NO3/c1-19-6(18)2-4-8(10(13,14)15)7(9(11)12)5(17)3-16-4/h3,9,17H,2H2,1H3. The van der Waals surface area contributed by atoms with Crippen LogP contribution in [0.25, 0.3) is 0 Å². The van der Waals surface area contributed by atoms with Gasteiger partial charge in [0.15, 0.2) is 0 Å². The second kappa shape index (κ2) is 5.37. The zero-order valence-electron chi connectivity index (χ0n) is 9.46. The molecule has 0 fully saturated rings. The molecule has 1 N–H and O–H groups in total. The molecule has 0 atom stereocenters. The third-order valence-electron chi connectivity index (χ3n) is 2.22. The van der Waals surface area contributed by atoms with E-state index in [9.17, 15) is 26.7 Å². The van der Waals surface area contributed by atoms with Crippen LogP contribution in [0.5, 0.6) is 5.75 Å². The molecule has 0 amide bonds. The predicted molar refractivity (Wildman–Crippen MR) is 51.6 cm³/mol. The zero-order valence-corrected chi connectivity index (χ0v) is 9.46. The highest BCUT2D eigenvalue weighted by atomic mass is 19.4. The summed E-state index contributed by atoms with van der Waals surface area (Å²) in [5.41, 5.74) is -4.33. The Balaban J connectivity index is 3.48. The van der Waals surface area contributed by atoms with Crippen LogP contribution in [0.1, 0.15) is 23.2 Å². The maximum atomic E-state index is 12.8. The van der Waals surface area contributed by atoms with E-state index in [2.05, 4.69) is 9.72 Å². The molecule has 0 bridgehead atoms. The summed E-state index contributed by atoms with van der Waals surface area (Å²) in [5.74, 6) is -2.35. The lowest BCUT2D eigenvalue weighted by Crippen LogP contribution is -2.18. The molecule has 0 spiro atoms. The maximum Gasteiger partial charge on any atom is 0.418 e. The highest BCUT2D eigenvalue weighted by Crippen LogP contribution is 2.41. The molecule has 1 aromatic rings. The molecule has 0 saturated carbocycles. The van der Waals surface area contributed by atoms with Gasteiger partial charge >= 0.3 is 12.1 Å². The third kappa shape index (κ3) is 3.30. The first-order valence-corrected chi connectivity index (χ1v) is 4.81. The first-order chi connectivity index (χ1) is 8.68. The van der Waals surface area contributed by atoms with Gasteiger partial charge in [-0.3, -0.25) is 9.78 Å². The van der Waals surface area contributed by atoms with Gasteiger partial charge in [-0.15, -0.1) is 0 Å². The van der Waals surface area contributed by atoms with Crippen molar-refractivity contribution in [1.82, 2.24) is 4.98 Å². The minimum Gasteiger partial charge on any atom is -0.506 e. The van der Waals surface area contributed by atoms with E-state index >= 15 is 0 Å². The Kier molecular flexibility index (Phi) is 4.28. The molecule has 9 heteroatoms. The number of aromatic nitrogens is 1. The summed E-state index contributed by atoms with van der Waals surface area (Å²) in [6.45, 7) is 0. The van der Waals surface area contributed by atoms with Crippen molar-refractivity contribution in [3.05, 3.63) is 23.0 Å². The van der Waals surface area contributed by atoms with Crippen molar-refractivity contribution < 1.29 is 36.6 Å². The minimum atomic E-state index is -5.18. The van der Waals surface area contributed by atoms with Crippen molar-refractivity contribution in [3.8, 4) is 5.75 Å². The van der Waals surface area contributed by atoms with Crippen molar-refractivity contribution in [3.63, 3.8) is 0 Å². The normalized spacial score (nSPS) is 11.7. The van der Waals surface area contributed by atoms with Crippen molar-refractivity contribution in [2.75, 3.05) is 7.11 Å². The predicted octanol–water partition coefficient (Wildman–Crippen LogP) is 2.46. The lowest BCUT2D eigenvalue weighted by atomic mass is 10.0. The number of halogens is 5.